The van der Waals surface area contributed by atoms with Crippen LogP contribution in [0.3, 0.4) is 0 Å². The summed E-state index contributed by atoms with van der Waals surface area (Å²) in [7, 11) is 4.83. The first-order chi connectivity index (χ1) is 14.6. The molecule has 158 valence electrons. The lowest BCUT2D eigenvalue weighted by atomic mass is 10.1. The third-order valence-corrected chi connectivity index (χ3v) is 4.93. The smallest absolute Gasteiger partial charge is 0.237 e. The Kier molecular flexibility index (Phi) is 7.12. The highest BCUT2D eigenvalue weighted by molar-refractivity contribution is 5.57. The lowest BCUT2D eigenvalue weighted by Crippen LogP contribution is -2.23. The van der Waals surface area contributed by atoms with E-state index in [1.807, 2.05) is 55.5 Å². The minimum atomic E-state index is -0.331. The number of ether oxygens (including phenoxy) is 3. The van der Waals surface area contributed by atoms with Crippen LogP contribution in [-0.2, 0) is 19.5 Å². The Morgan fingerprint density at radius 2 is 1.30 bits per heavy atom. The highest BCUT2D eigenvalue weighted by atomic mass is 19.1. The van der Waals surface area contributed by atoms with Gasteiger partial charge in [0.1, 0.15) is 23.0 Å². The van der Waals surface area contributed by atoms with E-state index in [-0.39, 0.29) is 5.82 Å². The molecule has 0 fully saturated rings. The van der Waals surface area contributed by atoms with Crippen LogP contribution in [0.4, 0.5) is 10.1 Å². The van der Waals surface area contributed by atoms with Crippen LogP contribution >= 0.6 is 0 Å². The van der Waals surface area contributed by atoms with Crippen LogP contribution in [0.5, 0.6) is 17.4 Å². The molecule has 30 heavy (non-hydrogen) atoms. The van der Waals surface area contributed by atoms with Gasteiger partial charge in [-0.25, -0.2) is 9.37 Å². The number of pyridine rings is 1. The van der Waals surface area contributed by atoms with Gasteiger partial charge in [-0.1, -0.05) is 31.2 Å². The highest BCUT2D eigenvalue weighted by Gasteiger charge is 2.18. The molecule has 0 aliphatic heterocycles. The third-order valence-electron chi connectivity index (χ3n) is 4.93. The Morgan fingerprint density at radius 1 is 0.800 bits per heavy atom. The molecule has 1 aromatic heterocycles. The fraction of sp³-hybridized carbons (Fsp3) is 0.292. The molecule has 0 saturated heterocycles. The van der Waals surface area contributed by atoms with Crippen LogP contribution in [0, 0.1) is 5.82 Å². The lowest BCUT2D eigenvalue weighted by molar-refractivity contribution is 0.392. The van der Waals surface area contributed by atoms with Crippen molar-refractivity contribution < 1.29 is 18.6 Å². The van der Waals surface area contributed by atoms with Gasteiger partial charge in [0.05, 0.1) is 27.0 Å². The van der Waals surface area contributed by atoms with Crippen LogP contribution in [0.25, 0.3) is 0 Å². The Labute approximate surface area is 177 Å². The van der Waals surface area contributed by atoms with E-state index in [1.54, 1.807) is 21.3 Å². The number of rotatable bonds is 9. The molecular formula is C24H27FN2O3. The fourth-order valence-electron chi connectivity index (χ4n) is 3.25. The largest absolute Gasteiger partial charge is 0.497 e. The number of benzene rings is 2. The van der Waals surface area contributed by atoms with Gasteiger partial charge in [-0.2, -0.15) is 0 Å². The van der Waals surface area contributed by atoms with Crippen LogP contribution in [-0.4, -0.2) is 26.3 Å². The summed E-state index contributed by atoms with van der Waals surface area (Å²) in [4.78, 5) is 6.44. The van der Waals surface area contributed by atoms with Gasteiger partial charge in [-0.3, -0.25) is 0 Å². The molecule has 3 rings (SSSR count). The van der Waals surface area contributed by atoms with Gasteiger partial charge >= 0.3 is 0 Å². The standard InChI is InChI=1S/C24H27FN2O3/c1-5-22-21(25)14-23(24(26-22)30-4)27(15-17-6-10-19(28-2)11-7-17)16-18-8-12-20(29-3)13-9-18/h6-14H,5,15-16H2,1-4H3. The number of methoxy groups -OCH3 is 3. The monoisotopic (exact) mass is 410 g/mol. The first-order valence-electron chi connectivity index (χ1n) is 9.82. The molecule has 0 amide bonds. The van der Waals surface area contributed by atoms with Crippen LogP contribution in [0.15, 0.2) is 54.6 Å². The molecule has 0 aliphatic rings. The summed E-state index contributed by atoms with van der Waals surface area (Å²) in [5.41, 5.74) is 3.13. The Hall–Kier alpha value is -3.28. The number of nitrogens with zero attached hydrogens (tertiary/aromatic N) is 2. The topological polar surface area (TPSA) is 43.8 Å². The van der Waals surface area contributed by atoms with Crippen molar-refractivity contribution in [2.24, 2.45) is 0 Å². The van der Waals surface area contributed by atoms with Crippen LogP contribution in [0.1, 0.15) is 23.7 Å². The van der Waals surface area contributed by atoms with Crippen molar-refractivity contribution in [1.82, 2.24) is 4.98 Å². The zero-order valence-corrected chi connectivity index (χ0v) is 17.8. The molecule has 0 N–H and O–H groups in total. The molecular weight excluding hydrogens is 383 g/mol. The van der Waals surface area contributed by atoms with Crippen molar-refractivity contribution in [3.8, 4) is 17.4 Å². The molecule has 2 aromatic carbocycles. The van der Waals surface area contributed by atoms with Crippen molar-refractivity contribution in [3.05, 3.63) is 77.2 Å². The molecule has 0 spiro atoms. The van der Waals surface area contributed by atoms with Crippen LogP contribution in [0.2, 0.25) is 0 Å². The Balaban J connectivity index is 1.98. The molecule has 0 aliphatic carbocycles. The number of hydrogen-bond donors (Lipinski definition) is 0. The maximum absolute atomic E-state index is 14.6. The molecule has 0 atom stereocenters. The summed E-state index contributed by atoms with van der Waals surface area (Å²) < 4.78 is 30.6. The van der Waals surface area contributed by atoms with Gasteiger partial charge in [0, 0.05) is 19.2 Å². The number of aromatic nitrogens is 1. The SMILES string of the molecule is CCc1nc(OC)c(N(Cc2ccc(OC)cc2)Cc2ccc(OC)cc2)cc1F. The van der Waals surface area contributed by atoms with E-state index in [0.717, 1.165) is 22.6 Å². The first-order valence-corrected chi connectivity index (χ1v) is 9.82. The molecule has 0 unspecified atom stereocenters. The van der Waals surface area contributed by atoms with E-state index < -0.39 is 0 Å². The second-order valence-electron chi connectivity index (χ2n) is 6.85. The van der Waals surface area contributed by atoms with E-state index in [2.05, 4.69) is 9.88 Å². The zero-order valence-electron chi connectivity index (χ0n) is 17.8. The van der Waals surface area contributed by atoms with Gasteiger partial charge in [0.25, 0.3) is 0 Å². The molecule has 5 nitrogen and oxygen atoms in total. The third kappa shape index (κ3) is 5.00. The van der Waals surface area contributed by atoms with Gasteiger partial charge in [-0.15, -0.1) is 0 Å². The molecule has 0 radical (unpaired) electrons. The Bertz CT molecular complexity index is 910. The fourth-order valence-corrected chi connectivity index (χ4v) is 3.25. The quantitative estimate of drug-likeness (QED) is 0.496. The summed E-state index contributed by atoms with van der Waals surface area (Å²) in [6.07, 6.45) is 0.499. The minimum absolute atomic E-state index is 0.331. The molecule has 0 saturated carbocycles. The molecule has 1 heterocycles. The summed E-state index contributed by atoms with van der Waals surface area (Å²) in [6.45, 7) is 2.98. The summed E-state index contributed by atoms with van der Waals surface area (Å²) in [5, 5.41) is 0. The number of aryl methyl sites for hydroxylation is 1. The average molecular weight is 410 g/mol. The molecule has 0 bridgehead atoms. The van der Waals surface area contributed by atoms with Gasteiger partial charge < -0.3 is 19.1 Å². The number of halogens is 1. The maximum Gasteiger partial charge on any atom is 0.237 e. The van der Waals surface area contributed by atoms with Crippen molar-refractivity contribution >= 4 is 5.69 Å². The summed E-state index contributed by atoms with van der Waals surface area (Å²) >= 11 is 0. The number of anilines is 1. The highest BCUT2D eigenvalue weighted by Crippen LogP contribution is 2.31. The van der Waals surface area contributed by atoms with E-state index in [4.69, 9.17) is 14.2 Å². The van der Waals surface area contributed by atoms with Crippen molar-refractivity contribution in [2.75, 3.05) is 26.2 Å². The Morgan fingerprint density at radius 3 is 1.70 bits per heavy atom. The number of hydrogen-bond acceptors (Lipinski definition) is 5. The average Bonchev–Trinajstić information content (AvgIpc) is 2.79. The van der Waals surface area contributed by atoms with Crippen molar-refractivity contribution in [2.45, 2.75) is 26.4 Å². The maximum atomic E-state index is 14.6. The van der Waals surface area contributed by atoms with E-state index >= 15 is 0 Å². The first kappa shape index (κ1) is 21.4. The summed E-state index contributed by atoms with van der Waals surface area (Å²) in [6, 6.07) is 17.2. The van der Waals surface area contributed by atoms with Crippen molar-refractivity contribution in [3.63, 3.8) is 0 Å². The van der Waals surface area contributed by atoms with Gasteiger partial charge in [0.2, 0.25) is 5.88 Å². The second-order valence-corrected chi connectivity index (χ2v) is 6.85. The predicted molar refractivity (Wildman–Crippen MR) is 116 cm³/mol. The van der Waals surface area contributed by atoms with E-state index in [0.29, 0.717) is 36.8 Å². The van der Waals surface area contributed by atoms with Gasteiger partial charge in [-0.05, 0) is 41.8 Å². The molecule has 6 heteroatoms. The normalized spacial score (nSPS) is 10.6. The van der Waals surface area contributed by atoms with Crippen LogP contribution < -0.4 is 19.1 Å². The second kappa shape index (κ2) is 9.96. The molecule has 3 aromatic rings. The zero-order chi connectivity index (χ0) is 21.5. The van der Waals surface area contributed by atoms with Crippen molar-refractivity contribution in [1.29, 1.82) is 0 Å². The predicted octanol–water partition coefficient (Wildman–Crippen LogP) is 5.02. The van der Waals surface area contributed by atoms with Gasteiger partial charge in [0.15, 0.2) is 0 Å². The van der Waals surface area contributed by atoms with E-state index in [1.165, 1.54) is 6.07 Å². The minimum Gasteiger partial charge on any atom is -0.497 e. The summed E-state index contributed by atoms with van der Waals surface area (Å²) in [5.74, 6) is 1.66. The van der Waals surface area contributed by atoms with E-state index in [9.17, 15) is 4.39 Å². The lowest BCUT2D eigenvalue weighted by Gasteiger charge is -2.27.